The summed E-state index contributed by atoms with van der Waals surface area (Å²) in [4.78, 5) is 200. The van der Waals surface area contributed by atoms with Gasteiger partial charge in [0.05, 0.1) is 25.4 Å². The number of cyclic esters (lactones) is 1. The van der Waals surface area contributed by atoms with Gasteiger partial charge in [-0.15, -0.1) is 0 Å². The summed E-state index contributed by atoms with van der Waals surface area (Å²) in [6.07, 6.45) is -14.9. The number of rotatable bonds is 24. The molecular weight excluding hydrogens is 1470 g/mol. The van der Waals surface area contributed by atoms with Crippen LogP contribution in [0.4, 0.5) is 18.0 Å². The highest BCUT2D eigenvalue weighted by Crippen LogP contribution is 2.26. The average Bonchev–Trinajstić information content (AvgIpc) is 0.815. The molecular formula is C72H106F3N15O21. The summed E-state index contributed by atoms with van der Waals surface area (Å²) < 4.78 is 43.3. The summed E-state index contributed by atoms with van der Waals surface area (Å²) in [6, 6.07) is 1.01. The zero-order chi connectivity index (χ0) is 84.1. The Kier molecular flexibility index (Phi) is 37.5. The first-order chi connectivity index (χ1) is 51.7. The fraction of sp³-hybridized carbons (Fsp3) is 0.569. The molecule has 616 valence electrons. The van der Waals surface area contributed by atoms with Gasteiger partial charge >= 0.3 is 24.2 Å². The summed E-state index contributed by atoms with van der Waals surface area (Å²) in [5.41, 5.74) is 16.0. The maximum absolute atomic E-state index is 15.7. The van der Waals surface area contributed by atoms with Crippen molar-refractivity contribution in [3.8, 4) is 0 Å². The standard InChI is InChI=1S/C70H105N15O19.C2HF3O2/c1-13-37(8)49-63(97)83-50(38(9)87)62(96)75-32-48(88)81-52(55(90)57(71)91)65(99)79-47(33-86)67(101)103-56(41-21-15-14-16-22-41)53(66(100)84-51(54(89)36(6)7)64(98)78-44(28-34(2)3)59(93)76-43(58(92)82-49)24-19-27-74-68(72)73)85-61(95)45(29-35(4)5)77-60(94)46(80-69(102)104-70(10,11)12)31-39-25-26-40-20-17-18-23-42(40)30-39;3-2(4,5)1(6)7/h14-18,20-23,25-26,30,34-38,43-47,49-56,86-87,89-90H,13,19,24,27-29,31-33H2,1-12H3,(H2,71,91)(H,75,96)(H,76,93)(H,77,94)(H,78,98)(H,79,99)(H,80,102)(H,81,88)(H,82,92)(H,83,97)(H,84,100)(H,85,95)(H4,72,73,74);(H,6,7)/t37-,38-,43+,44-,45-,46+,47-,49?,50?,51-,52-,53-,54+,55-,56+;/m0./s1. The van der Waals surface area contributed by atoms with Crippen LogP contribution in [0.15, 0.2) is 77.8 Å². The molecule has 4 rings (SSSR count). The maximum Gasteiger partial charge on any atom is 0.490 e. The number of carbonyl (C=O) groups is 14. The van der Waals surface area contributed by atoms with Crippen LogP contribution in [0.25, 0.3) is 10.8 Å². The quantitative estimate of drug-likeness (QED) is 0.0202. The number of aliphatic carboxylic acids is 1. The Morgan fingerprint density at radius 1 is 0.640 bits per heavy atom. The number of primary amides is 1. The number of alkyl carbamates (subject to hydrolysis) is 1. The van der Waals surface area contributed by atoms with Gasteiger partial charge in [0.2, 0.25) is 65.0 Å². The number of nitrogens with two attached hydrogens (primary N) is 3. The molecule has 3 aromatic carbocycles. The zero-order valence-electron chi connectivity index (χ0n) is 63.8. The minimum absolute atomic E-state index is 0.0251. The number of ether oxygens (including phenoxy) is 2. The summed E-state index contributed by atoms with van der Waals surface area (Å²) in [7, 11) is 0. The first-order valence-electron chi connectivity index (χ1n) is 35.7. The van der Waals surface area contributed by atoms with E-state index in [0.29, 0.717) is 5.56 Å². The van der Waals surface area contributed by atoms with Crippen LogP contribution in [-0.4, -0.2) is 225 Å². The molecule has 36 nitrogen and oxygen atoms in total. The maximum atomic E-state index is 15.7. The third-order valence-electron chi connectivity index (χ3n) is 16.9. The summed E-state index contributed by atoms with van der Waals surface area (Å²) in [5.74, 6) is -20.7. The number of esters is 1. The van der Waals surface area contributed by atoms with Gasteiger partial charge in [0.15, 0.2) is 24.2 Å². The van der Waals surface area contributed by atoms with Gasteiger partial charge in [0.1, 0.15) is 60.0 Å². The Hall–Kier alpha value is -10.8. The smallest absolute Gasteiger partial charge is 0.475 e. The number of carboxylic acids is 1. The fourth-order valence-electron chi connectivity index (χ4n) is 10.9. The molecule has 15 atom stereocenters. The molecule has 1 aliphatic heterocycles. The molecule has 0 saturated carbocycles. The Labute approximate surface area is 639 Å². The minimum Gasteiger partial charge on any atom is -0.475 e. The number of carbonyl (C=O) groups excluding carboxylic acids is 13. The molecule has 39 heteroatoms. The molecule has 12 amide bonds. The van der Waals surface area contributed by atoms with Gasteiger partial charge in [-0.3, -0.25) is 57.7 Å². The van der Waals surface area contributed by atoms with Crippen LogP contribution in [0.3, 0.4) is 0 Å². The molecule has 0 spiro atoms. The lowest BCUT2D eigenvalue weighted by atomic mass is 9.95. The van der Waals surface area contributed by atoms with Gasteiger partial charge in [-0.25, -0.2) is 14.4 Å². The Balaban J connectivity index is 0.00000433. The molecule has 2 unspecified atom stereocenters. The van der Waals surface area contributed by atoms with E-state index in [4.69, 9.17) is 36.6 Å². The van der Waals surface area contributed by atoms with Gasteiger partial charge in [-0.2, -0.15) is 13.2 Å². The number of nitrogens with zero attached hydrogens (tertiary/aromatic N) is 1. The van der Waals surface area contributed by atoms with E-state index in [9.17, 15) is 81.5 Å². The monoisotopic (exact) mass is 1570 g/mol. The van der Waals surface area contributed by atoms with Crippen LogP contribution in [0.5, 0.6) is 0 Å². The molecule has 0 aliphatic carbocycles. The molecule has 1 aliphatic rings. The van der Waals surface area contributed by atoms with E-state index in [-0.39, 0.29) is 56.6 Å². The van der Waals surface area contributed by atoms with E-state index in [1.807, 2.05) is 41.0 Å². The Morgan fingerprint density at radius 3 is 1.73 bits per heavy atom. The topological polar surface area (TPSA) is 581 Å². The van der Waals surface area contributed by atoms with Crippen molar-refractivity contribution in [2.45, 2.75) is 218 Å². The zero-order valence-corrected chi connectivity index (χ0v) is 63.8. The van der Waals surface area contributed by atoms with Gasteiger partial charge < -0.3 is 111 Å². The Bertz CT molecular complexity index is 3750. The number of fused-ring (bicyclic) bond motifs is 1. The van der Waals surface area contributed by atoms with Crippen molar-refractivity contribution in [2.75, 3.05) is 19.7 Å². The number of hydrogen-bond donors (Lipinski definition) is 19. The highest BCUT2D eigenvalue weighted by molar-refractivity contribution is 6.01. The first kappa shape index (κ1) is 94.4. The van der Waals surface area contributed by atoms with E-state index in [1.165, 1.54) is 44.2 Å². The van der Waals surface area contributed by atoms with Crippen molar-refractivity contribution in [2.24, 2.45) is 45.9 Å². The number of nitrogens with one attached hydrogen (secondary N) is 11. The van der Waals surface area contributed by atoms with Gasteiger partial charge in [0.25, 0.3) is 0 Å². The van der Waals surface area contributed by atoms with Gasteiger partial charge in [-0.05, 0) is 98.9 Å². The van der Waals surface area contributed by atoms with E-state index < -0.39 is 216 Å². The van der Waals surface area contributed by atoms with Gasteiger partial charge in [-0.1, -0.05) is 135 Å². The minimum atomic E-state index is -5.08. The number of halogens is 3. The molecule has 1 saturated heterocycles. The second-order valence-corrected chi connectivity index (χ2v) is 28.7. The van der Waals surface area contributed by atoms with E-state index in [2.05, 4.69) is 52.8 Å². The van der Waals surface area contributed by atoms with E-state index in [1.54, 1.807) is 74.4 Å². The predicted molar refractivity (Wildman–Crippen MR) is 393 cm³/mol. The lowest BCUT2D eigenvalue weighted by Gasteiger charge is -2.34. The molecule has 1 heterocycles. The number of benzene rings is 3. The predicted octanol–water partition coefficient (Wildman–Crippen LogP) is -1.89. The number of hydrogen-bond acceptors (Lipinski definition) is 21. The SMILES string of the molecule is CC[C@H](C)C1NC(=O)[C@@H](CCCN=C(N)N)NC(=O)[C@H](CC(C)C)NC(=O)[C@H]([C@H](O)C(C)C)NC(=O)[C@@H](NC(=O)[C@H](CC(C)C)NC(=O)[C@@H](Cc2ccc3ccccc3c2)NC(=O)OC(C)(C)C)[C@@H](c2ccccc2)OC(=O)[C@H](CO)NC(=O)[C@H]([C@H](O)C(N)=O)NC(=O)CNC(=O)C([C@H](C)O)NC1=O.O=C(O)C(F)(F)F. The third kappa shape index (κ3) is 31.6. The normalized spacial score (nSPS) is 22.3. The van der Waals surface area contributed by atoms with Crippen LogP contribution in [0.1, 0.15) is 132 Å². The second kappa shape index (κ2) is 44.1. The largest absolute Gasteiger partial charge is 0.490 e. The molecule has 1 fully saturated rings. The van der Waals surface area contributed by atoms with Crippen molar-refractivity contribution in [3.63, 3.8) is 0 Å². The number of aliphatic imine (C=N–C) groups is 1. The average molecular weight is 1570 g/mol. The van der Waals surface area contributed by atoms with E-state index >= 15 is 14.4 Å². The highest BCUT2D eigenvalue weighted by Gasteiger charge is 2.45. The van der Waals surface area contributed by atoms with Crippen molar-refractivity contribution in [1.82, 2.24) is 58.5 Å². The van der Waals surface area contributed by atoms with Crippen LogP contribution in [0.2, 0.25) is 0 Å². The number of aliphatic hydroxyl groups excluding tert-OH is 4. The third-order valence-corrected chi connectivity index (χ3v) is 16.9. The van der Waals surface area contributed by atoms with Gasteiger partial charge in [0, 0.05) is 13.0 Å². The molecule has 111 heavy (non-hydrogen) atoms. The number of aliphatic hydroxyl groups is 4. The van der Waals surface area contributed by atoms with E-state index in [0.717, 1.165) is 17.7 Å². The van der Waals surface area contributed by atoms with Crippen molar-refractivity contribution < 1.29 is 115 Å². The fourth-order valence-corrected chi connectivity index (χ4v) is 10.9. The summed E-state index contributed by atoms with van der Waals surface area (Å²) >= 11 is 0. The second-order valence-electron chi connectivity index (χ2n) is 28.7. The first-order valence-corrected chi connectivity index (χ1v) is 35.7. The Morgan fingerprint density at radius 2 is 1.19 bits per heavy atom. The van der Waals surface area contributed by atoms with Crippen LogP contribution < -0.4 is 75.7 Å². The molecule has 22 N–H and O–H groups in total. The van der Waals surface area contributed by atoms with Crippen molar-refractivity contribution in [3.05, 3.63) is 83.9 Å². The van der Waals surface area contributed by atoms with Crippen LogP contribution in [-0.2, 0) is 78.2 Å². The van der Waals surface area contributed by atoms with Crippen LogP contribution >= 0.6 is 0 Å². The number of alkyl halides is 3. The summed E-state index contributed by atoms with van der Waals surface area (Å²) in [5, 5.41) is 80.2. The molecule has 0 bridgehead atoms. The molecule has 3 aromatic rings. The van der Waals surface area contributed by atoms with Crippen LogP contribution in [0, 0.1) is 23.7 Å². The summed E-state index contributed by atoms with van der Waals surface area (Å²) in [6.45, 7) is 16.3. The highest BCUT2D eigenvalue weighted by atomic mass is 19.4. The number of amides is 12. The lowest BCUT2D eigenvalue weighted by Crippen LogP contribution is -2.64. The lowest BCUT2D eigenvalue weighted by molar-refractivity contribution is -0.192. The molecule has 0 aromatic heterocycles. The number of guanidine groups is 1. The number of carboxylic acid groups (broad SMARTS) is 1. The van der Waals surface area contributed by atoms with Crippen molar-refractivity contribution in [1.29, 1.82) is 0 Å². The molecule has 0 radical (unpaired) electrons. The van der Waals surface area contributed by atoms with Crippen molar-refractivity contribution >= 4 is 99.7 Å².